The quantitative estimate of drug-likeness (QED) is 0.142. The van der Waals surface area contributed by atoms with Crippen molar-refractivity contribution in [1.29, 1.82) is 0 Å². The van der Waals surface area contributed by atoms with Crippen LogP contribution in [0.1, 0.15) is 26.3 Å². The number of nitrogens with one attached hydrogen (secondary N) is 2. The molecule has 0 aliphatic rings. The molecule has 0 radical (unpaired) electrons. The standard InChI is InChI=1S/C36H35FN4O5S2/c1-36(2,3)46-35(43)41(4)18-19-44-26-13-10-24(11-14-26)31-22-28-33(48-31)30(16-17-38-28)45-29-15-12-25(21-27(29)37)39-34(47)40-32(42)20-23-8-6-5-7-9-23/h5-17,21-22H,18-20H2,1-4H3,(H2,39,40,42,47). The van der Waals surface area contributed by atoms with E-state index in [2.05, 4.69) is 15.6 Å². The zero-order valence-electron chi connectivity index (χ0n) is 26.9. The molecule has 0 aliphatic heterocycles. The van der Waals surface area contributed by atoms with Crippen molar-refractivity contribution in [1.82, 2.24) is 15.2 Å². The smallest absolute Gasteiger partial charge is 0.410 e. The summed E-state index contributed by atoms with van der Waals surface area (Å²) in [5.74, 6) is 0.284. The number of halogens is 1. The number of fused-ring (bicyclic) bond motifs is 1. The molecule has 2 aromatic heterocycles. The fraction of sp³-hybridized carbons (Fsp3) is 0.222. The summed E-state index contributed by atoms with van der Waals surface area (Å²) in [5, 5.41) is 5.52. The molecule has 0 fully saturated rings. The first-order valence-corrected chi connectivity index (χ1v) is 16.3. The Morgan fingerprint density at radius 3 is 2.44 bits per heavy atom. The van der Waals surface area contributed by atoms with Gasteiger partial charge in [0.2, 0.25) is 5.91 Å². The fourth-order valence-corrected chi connectivity index (χ4v) is 5.78. The second kappa shape index (κ2) is 15.2. The number of carbonyl (C=O) groups excluding carboxylic acids is 2. The Kier molecular flexibility index (Phi) is 10.9. The first-order valence-electron chi connectivity index (χ1n) is 15.1. The van der Waals surface area contributed by atoms with E-state index >= 15 is 4.39 Å². The summed E-state index contributed by atoms with van der Waals surface area (Å²) in [4.78, 5) is 31.3. The van der Waals surface area contributed by atoms with Crippen LogP contribution in [0, 0.1) is 5.82 Å². The van der Waals surface area contributed by atoms with Gasteiger partial charge in [0.15, 0.2) is 16.7 Å². The van der Waals surface area contributed by atoms with Gasteiger partial charge >= 0.3 is 6.09 Å². The SMILES string of the molecule is CN(CCOc1ccc(-c2cc3nccc(Oc4ccc(NC(=S)NC(=O)Cc5ccccc5)cc4F)c3s2)cc1)C(=O)OC(C)(C)C. The van der Waals surface area contributed by atoms with Gasteiger partial charge in [0.05, 0.1) is 23.2 Å². The van der Waals surface area contributed by atoms with Crippen molar-refractivity contribution in [3.63, 3.8) is 0 Å². The van der Waals surface area contributed by atoms with Gasteiger partial charge in [-0.15, -0.1) is 11.3 Å². The van der Waals surface area contributed by atoms with E-state index in [1.807, 2.05) is 81.4 Å². The normalized spacial score (nSPS) is 11.1. The second-order valence-corrected chi connectivity index (χ2v) is 13.3. The lowest BCUT2D eigenvalue weighted by Crippen LogP contribution is -2.36. The van der Waals surface area contributed by atoms with E-state index in [1.54, 1.807) is 25.4 Å². The number of nitrogens with zero attached hydrogens (tertiary/aromatic N) is 2. The van der Waals surface area contributed by atoms with Gasteiger partial charge < -0.3 is 29.7 Å². The third-order valence-electron chi connectivity index (χ3n) is 6.79. The summed E-state index contributed by atoms with van der Waals surface area (Å²) in [7, 11) is 1.67. The van der Waals surface area contributed by atoms with Crippen molar-refractivity contribution in [2.24, 2.45) is 0 Å². The maximum atomic E-state index is 15.1. The third kappa shape index (κ3) is 9.49. The number of carbonyl (C=O) groups is 2. The highest BCUT2D eigenvalue weighted by Gasteiger charge is 2.19. The van der Waals surface area contributed by atoms with Gasteiger partial charge in [0.25, 0.3) is 0 Å². The van der Waals surface area contributed by atoms with Gasteiger partial charge in [0.1, 0.15) is 23.7 Å². The molecule has 12 heteroatoms. The molecule has 0 saturated carbocycles. The lowest BCUT2D eigenvalue weighted by Gasteiger charge is -2.24. The van der Waals surface area contributed by atoms with E-state index in [0.29, 0.717) is 35.9 Å². The molecular weight excluding hydrogens is 652 g/mol. The number of anilines is 1. The van der Waals surface area contributed by atoms with Crippen LogP contribution < -0.4 is 20.1 Å². The molecule has 2 heterocycles. The number of pyridine rings is 1. The van der Waals surface area contributed by atoms with Gasteiger partial charge in [-0.25, -0.2) is 9.18 Å². The van der Waals surface area contributed by atoms with Crippen LogP contribution in [0.3, 0.4) is 0 Å². The minimum absolute atomic E-state index is 0.0286. The molecule has 0 bridgehead atoms. The van der Waals surface area contributed by atoms with Crippen molar-refractivity contribution in [3.05, 3.63) is 103 Å². The molecule has 3 aromatic carbocycles. The highest BCUT2D eigenvalue weighted by Crippen LogP contribution is 2.40. The lowest BCUT2D eigenvalue weighted by atomic mass is 10.1. The van der Waals surface area contributed by atoms with Crippen LogP contribution in [0.15, 0.2) is 91.1 Å². The van der Waals surface area contributed by atoms with E-state index in [4.69, 9.17) is 26.4 Å². The maximum absolute atomic E-state index is 15.1. The van der Waals surface area contributed by atoms with Crippen molar-refractivity contribution < 1.29 is 28.2 Å². The van der Waals surface area contributed by atoms with E-state index in [9.17, 15) is 9.59 Å². The fourth-order valence-electron chi connectivity index (χ4n) is 4.48. The predicted octanol–water partition coefficient (Wildman–Crippen LogP) is 8.20. The van der Waals surface area contributed by atoms with Gasteiger partial charge in [-0.05, 0) is 86.6 Å². The number of hydrogen-bond donors (Lipinski definition) is 2. The number of likely N-dealkylation sites (N-methyl/N-ethyl adjacent to an activating group) is 1. The van der Waals surface area contributed by atoms with Crippen LogP contribution in [0.2, 0.25) is 0 Å². The molecule has 9 nitrogen and oxygen atoms in total. The minimum Gasteiger partial charge on any atom is -0.492 e. The summed E-state index contributed by atoms with van der Waals surface area (Å²) in [6, 6.07) is 24.9. The van der Waals surface area contributed by atoms with Crippen LogP contribution in [-0.4, -0.2) is 52.8 Å². The topological polar surface area (TPSA) is 102 Å². The maximum Gasteiger partial charge on any atom is 0.410 e. The molecule has 0 spiro atoms. The first kappa shape index (κ1) is 34.3. The number of thiophene rings is 1. The van der Waals surface area contributed by atoms with Crippen LogP contribution in [0.25, 0.3) is 20.7 Å². The Balaban J connectivity index is 1.18. The van der Waals surface area contributed by atoms with Crippen molar-refractivity contribution >= 4 is 56.6 Å². The van der Waals surface area contributed by atoms with Crippen LogP contribution in [0.4, 0.5) is 14.9 Å². The second-order valence-electron chi connectivity index (χ2n) is 11.8. The molecule has 0 aliphatic carbocycles. The average Bonchev–Trinajstić information content (AvgIpc) is 3.48. The molecule has 2 N–H and O–H groups in total. The molecule has 248 valence electrons. The van der Waals surface area contributed by atoms with Gasteiger partial charge in [-0.2, -0.15) is 0 Å². The van der Waals surface area contributed by atoms with E-state index in [0.717, 1.165) is 20.7 Å². The molecule has 0 saturated heterocycles. The van der Waals surface area contributed by atoms with Crippen molar-refractivity contribution in [3.8, 4) is 27.7 Å². The molecule has 2 amide bonds. The molecule has 5 rings (SSSR count). The summed E-state index contributed by atoms with van der Waals surface area (Å²) in [6.07, 6.45) is 1.39. The minimum atomic E-state index is -0.604. The Morgan fingerprint density at radius 1 is 0.979 bits per heavy atom. The summed E-state index contributed by atoms with van der Waals surface area (Å²) in [6.45, 7) is 6.16. The molecule has 5 aromatic rings. The zero-order valence-corrected chi connectivity index (χ0v) is 28.5. The van der Waals surface area contributed by atoms with Crippen LogP contribution in [0.5, 0.6) is 17.2 Å². The first-order chi connectivity index (χ1) is 22.9. The number of aromatic nitrogens is 1. The zero-order chi connectivity index (χ0) is 34.3. The molecular formula is C36H35FN4O5S2. The van der Waals surface area contributed by atoms with E-state index in [1.165, 1.54) is 28.4 Å². The molecule has 48 heavy (non-hydrogen) atoms. The van der Waals surface area contributed by atoms with E-state index < -0.39 is 17.5 Å². The summed E-state index contributed by atoms with van der Waals surface area (Å²) >= 11 is 6.71. The highest BCUT2D eigenvalue weighted by atomic mass is 32.1. The van der Waals surface area contributed by atoms with Gasteiger partial charge in [0, 0.05) is 35.9 Å². The van der Waals surface area contributed by atoms with E-state index in [-0.39, 0.29) is 23.2 Å². The Morgan fingerprint density at radius 2 is 1.73 bits per heavy atom. The van der Waals surface area contributed by atoms with Gasteiger partial charge in [-0.1, -0.05) is 30.3 Å². The van der Waals surface area contributed by atoms with Crippen LogP contribution >= 0.6 is 23.6 Å². The average molecular weight is 687 g/mol. The monoisotopic (exact) mass is 686 g/mol. The molecule has 0 unspecified atom stereocenters. The number of ether oxygens (including phenoxy) is 3. The predicted molar refractivity (Wildman–Crippen MR) is 190 cm³/mol. The summed E-state index contributed by atoms with van der Waals surface area (Å²) in [5.41, 5.74) is 2.33. The number of amides is 2. The molecule has 0 atom stereocenters. The summed E-state index contributed by atoms with van der Waals surface area (Å²) < 4.78 is 33.1. The number of hydrogen-bond acceptors (Lipinski definition) is 8. The van der Waals surface area contributed by atoms with Crippen molar-refractivity contribution in [2.45, 2.75) is 32.8 Å². The Labute approximate surface area is 287 Å². The third-order valence-corrected chi connectivity index (χ3v) is 8.18. The Hall–Kier alpha value is -5.07. The van der Waals surface area contributed by atoms with Crippen LogP contribution in [-0.2, 0) is 16.0 Å². The largest absolute Gasteiger partial charge is 0.492 e. The lowest BCUT2D eigenvalue weighted by molar-refractivity contribution is -0.119. The highest BCUT2D eigenvalue weighted by molar-refractivity contribution is 7.80. The number of thiocarbonyl (C=S) groups is 1. The Bertz CT molecular complexity index is 1910. The number of rotatable bonds is 10. The number of benzene rings is 3. The van der Waals surface area contributed by atoms with Crippen molar-refractivity contribution in [2.75, 3.05) is 25.5 Å². The van der Waals surface area contributed by atoms with Gasteiger partial charge in [-0.3, -0.25) is 9.78 Å².